The Kier molecular flexibility index (Phi) is 24.4. The molecule has 0 heterocycles. The summed E-state index contributed by atoms with van der Waals surface area (Å²) in [7, 11) is 0. The van der Waals surface area contributed by atoms with Gasteiger partial charge in [-0.1, -0.05) is 0 Å². The molecule has 0 saturated carbocycles. The first-order chi connectivity index (χ1) is 1.73. The largest absolute Gasteiger partial charge is 0.394 e. The maximum absolute atomic E-state index is 8.06. The van der Waals surface area contributed by atoms with Gasteiger partial charge in [-0.15, -0.1) is 12.4 Å². The fourth-order valence-corrected chi connectivity index (χ4v) is 0. The van der Waals surface area contributed by atoms with Gasteiger partial charge in [0.1, 0.15) is 0 Å². The molecular formula is C3H9ClCoO. The van der Waals surface area contributed by atoms with E-state index in [9.17, 15) is 0 Å². The van der Waals surface area contributed by atoms with Gasteiger partial charge in [-0.3, -0.25) is 0 Å². The Balaban J connectivity index is -0.0000000450. The molecule has 0 amide bonds. The van der Waals surface area contributed by atoms with Crippen LogP contribution in [0.25, 0.3) is 0 Å². The van der Waals surface area contributed by atoms with E-state index in [-0.39, 0.29) is 35.3 Å². The van der Waals surface area contributed by atoms with Crippen molar-refractivity contribution in [1.82, 2.24) is 0 Å². The summed E-state index contributed by atoms with van der Waals surface area (Å²) < 4.78 is 0. The van der Waals surface area contributed by atoms with Crippen LogP contribution in [0.15, 0.2) is 0 Å². The minimum absolute atomic E-state index is 0. The van der Waals surface area contributed by atoms with Crippen LogP contribution in [0, 0.1) is 0 Å². The zero-order valence-electron chi connectivity index (χ0n) is 3.77. The Bertz CT molecular complexity index is 15.5. The first-order valence-corrected chi connectivity index (χ1v) is 1.41. The number of aliphatic hydroxyl groups is 1. The monoisotopic (exact) mass is 155 g/mol. The summed E-state index contributed by atoms with van der Waals surface area (Å²) in [5, 5.41) is 8.06. The predicted octanol–water partition coefficient (Wildman–Crippen LogP) is 0.806. The summed E-state index contributed by atoms with van der Waals surface area (Å²) in [5.41, 5.74) is 0. The van der Waals surface area contributed by atoms with Crippen molar-refractivity contribution in [2.24, 2.45) is 0 Å². The van der Waals surface area contributed by atoms with Crippen molar-refractivity contribution >= 4 is 12.4 Å². The van der Waals surface area contributed by atoms with Gasteiger partial charge in [-0.05, 0) is 13.8 Å². The van der Waals surface area contributed by atoms with Gasteiger partial charge in [0, 0.05) is 22.9 Å². The summed E-state index contributed by atoms with van der Waals surface area (Å²) in [5.74, 6) is 0. The fraction of sp³-hybridized carbons (Fsp3) is 1.00. The zero-order chi connectivity index (χ0) is 3.58. The topological polar surface area (TPSA) is 20.2 Å². The van der Waals surface area contributed by atoms with Gasteiger partial charge in [0.15, 0.2) is 0 Å². The fourth-order valence-electron chi connectivity index (χ4n) is 0. The Morgan fingerprint density at radius 2 is 1.33 bits per heavy atom. The molecule has 0 bridgehead atoms. The average molecular weight is 155 g/mol. The molecule has 0 rings (SSSR count). The Labute approximate surface area is 54.7 Å². The molecular weight excluding hydrogens is 146 g/mol. The first kappa shape index (κ1) is 15.9. The third kappa shape index (κ3) is 117. The molecule has 43 valence electrons. The summed E-state index contributed by atoms with van der Waals surface area (Å²) in [6.07, 6.45) is -0.167. The van der Waals surface area contributed by atoms with Gasteiger partial charge in [0.25, 0.3) is 0 Å². The molecule has 1 radical (unpaired) electrons. The second-order valence-corrected chi connectivity index (χ2v) is 1.09. The van der Waals surface area contributed by atoms with E-state index in [1.54, 1.807) is 13.8 Å². The number of hydrogen-bond donors (Lipinski definition) is 1. The summed E-state index contributed by atoms with van der Waals surface area (Å²) >= 11 is 0. The van der Waals surface area contributed by atoms with Crippen LogP contribution in [0.4, 0.5) is 0 Å². The first-order valence-electron chi connectivity index (χ1n) is 1.41. The summed E-state index contributed by atoms with van der Waals surface area (Å²) in [6.45, 7) is 3.44. The van der Waals surface area contributed by atoms with Crippen molar-refractivity contribution in [2.45, 2.75) is 20.0 Å². The zero-order valence-corrected chi connectivity index (χ0v) is 5.62. The summed E-state index contributed by atoms with van der Waals surface area (Å²) in [4.78, 5) is 0. The molecule has 0 fully saturated rings. The van der Waals surface area contributed by atoms with E-state index in [4.69, 9.17) is 5.11 Å². The van der Waals surface area contributed by atoms with Crippen LogP contribution < -0.4 is 0 Å². The number of hydrogen-bond acceptors (Lipinski definition) is 1. The van der Waals surface area contributed by atoms with E-state index in [0.29, 0.717) is 0 Å². The van der Waals surface area contributed by atoms with Crippen LogP contribution in [0.5, 0.6) is 0 Å². The van der Waals surface area contributed by atoms with Crippen molar-refractivity contribution in [3.63, 3.8) is 0 Å². The SMILES string of the molecule is CC(C)O.Cl.[Co]. The van der Waals surface area contributed by atoms with Crippen LogP contribution in [0.3, 0.4) is 0 Å². The minimum Gasteiger partial charge on any atom is -0.394 e. The smallest absolute Gasteiger partial charge is 0.0483 e. The van der Waals surface area contributed by atoms with Gasteiger partial charge in [0.2, 0.25) is 0 Å². The predicted molar refractivity (Wildman–Crippen MR) is 24.6 cm³/mol. The molecule has 0 saturated heterocycles. The quantitative estimate of drug-likeness (QED) is 0.549. The van der Waals surface area contributed by atoms with Crippen molar-refractivity contribution in [3.8, 4) is 0 Å². The summed E-state index contributed by atoms with van der Waals surface area (Å²) in [6, 6.07) is 0. The third-order valence-corrected chi connectivity index (χ3v) is 0. The molecule has 0 aromatic carbocycles. The van der Waals surface area contributed by atoms with E-state index >= 15 is 0 Å². The van der Waals surface area contributed by atoms with Crippen LogP contribution >= 0.6 is 12.4 Å². The Hall–Kier alpha value is 0.756. The van der Waals surface area contributed by atoms with E-state index in [1.165, 1.54) is 0 Å². The van der Waals surface area contributed by atoms with Gasteiger partial charge < -0.3 is 5.11 Å². The molecule has 3 heteroatoms. The van der Waals surface area contributed by atoms with E-state index < -0.39 is 0 Å². The molecule has 0 aromatic rings. The molecule has 6 heavy (non-hydrogen) atoms. The molecule has 0 aromatic heterocycles. The standard InChI is InChI=1S/C3H8O.ClH.Co/c1-3(2)4;;/h3-4H,1-2H3;1H;. The van der Waals surface area contributed by atoms with Crippen LogP contribution in [0.1, 0.15) is 13.8 Å². The number of aliphatic hydroxyl groups excluding tert-OH is 1. The molecule has 1 N–H and O–H groups in total. The number of halogens is 1. The molecule has 0 spiro atoms. The normalized spacial score (nSPS) is 6.00. The molecule has 0 atom stereocenters. The maximum atomic E-state index is 8.06. The molecule has 0 aliphatic carbocycles. The van der Waals surface area contributed by atoms with Crippen molar-refractivity contribution in [2.75, 3.05) is 0 Å². The average Bonchev–Trinajstić information content (AvgIpc) is 0.811. The van der Waals surface area contributed by atoms with Crippen molar-refractivity contribution < 1.29 is 21.9 Å². The van der Waals surface area contributed by atoms with Crippen molar-refractivity contribution in [1.29, 1.82) is 0 Å². The van der Waals surface area contributed by atoms with Gasteiger partial charge in [-0.25, -0.2) is 0 Å². The second-order valence-electron chi connectivity index (χ2n) is 1.09. The van der Waals surface area contributed by atoms with Gasteiger partial charge in [0.05, 0.1) is 0 Å². The maximum Gasteiger partial charge on any atom is 0.0483 e. The molecule has 0 aliphatic heterocycles. The second kappa shape index (κ2) is 9.23. The van der Waals surface area contributed by atoms with Gasteiger partial charge in [-0.2, -0.15) is 0 Å². The van der Waals surface area contributed by atoms with Gasteiger partial charge >= 0.3 is 0 Å². The Morgan fingerprint density at radius 3 is 1.33 bits per heavy atom. The molecule has 0 aliphatic rings. The Morgan fingerprint density at radius 1 is 1.33 bits per heavy atom. The van der Waals surface area contributed by atoms with E-state index in [2.05, 4.69) is 0 Å². The third-order valence-electron chi connectivity index (χ3n) is 0. The van der Waals surface area contributed by atoms with Crippen LogP contribution in [-0.4, -0.2) is 11.2 Å². The van der Waals surface area contributed by atoms with E-state index in [1.807, 2.05) is 0 Å². The minimum atomic E-state index is -0.167. The molecule has 0 unspecified atom stereocenters. The molecule has 1 nitrogen and oxygen atoms in total. The van der Waals surface area contributed by atoms with Crippen LogP contribution in [0.2, 0.25) is 0 Å². The van der Waals surface area contributed by atoms with Crippen LogP contribution in [-0.2, 0) is 16.8 Å². The van der Waals surface area contributed by atoms with E-state index in [0.717, 1.165) is 0 Å². The number of rotatable bonds is 0. The van der Waals surface area contributed by atoms with Crippen molar-refractivity contribution in [3.05, 3.63) is 0 Å².